The van der Waals surface area contributed by atoms with Crippen molar-refractivity contribution in [2.24, 2.45) is 5.92 Å². The number of hydrogen-bond donors (Lipinski definition) is 1. The van der Waals surface area contributed by atoms with Crippen molar-refractivity contribution in [3.8, 4) is 0 Å². The van der Waals surface area contributed by atoms with Gasteiger partial charge in [-0.05, 0) is 17.6 Å². The number of hydrogen-bond acceptors (Lipinski definition) is 4. The highest BCUT2D eigenvalue weighted by Gasteiger charge is 2.33. The summed E-state index contributed by atoms with van der Waals surface area (Å²) in [5.41, 5.74) is 2.58. The number of carbonyl (C=O) groups excluding carboxylic acids is 1. The van der Waals surface area contributed by atoms with E-state index in [1.165, 1.54) is 7.11 Å². The Kier molecular flexibility index (Phi) is 2.83. The van der Waals surface area contributed by atoms with E-state index < -0.39 is 0 Å². The summed E-state index contributed by atoms with van der Waals surface area (Å²) < 4.78 is 4.77. The minimum Gasteiger partial charge on any atom is -0.466 e. The van der Waals surface area contributed by atoms with Gasteiger partial charge in [-0.1, -0.05) is 6.08 Å². The van der Waals surface area contributed by atoms with Crippen molar-refractivity contribution < 1.29 is 14.6 Å². The molecule has 0 saturated heterocycles. The lowest BCUT2D eigenvalue weighted by Gasteiger charge is -2.25. The first-order valence-electron chi connectivity index (χ1n) is 5.21. The van der Waals surface area contributed by atoms with Crippen LogP contribution in [0.1, 0.15) is 6.42 Å². The van der Waals surface area contributed by atoms with Crippen molar-refractivity contribution in [3.05, 3.63) is 35.2 Å². The Balaban J connectivity index is 2.31. The van der Waals surface area contributed by atoms with Crippen molar-refractivity contribution in [3.63, 3.8) is 0 Å². The predicted octanol–water partition coefficient (Wildman–Crippen LogP) is 0.811. The van der Waals surface area contributed by atoms with E-state index in [1.807, 2.05) is 24.2 Å². The maximum Gasteiger partial charge on any atom is 0.335 e. The van der Waals surface area contributed by atoms with Gasteiger partial charge in [-0.3, -0.25) is 0 Å². The van der Waals surface area contributed by atoms with Gasteiger partial charge in [0.1, 0.15) is 0 Å². The van der Waals surface area contributed by atoms with Gasteiger partial charge in [0.05, 0.1) is 19.3 Å². The van der Waals surface area contributed by atoms with Gasteiger partial charge < -0.3 is 14.7 Å². The maximum absolute atomic E-state index is 11.6. The van der Waals surface area contributed by atoms with Gasteiger partial charge in [0.2, 0.25) is 0 Å². The number of rotatable bonds is 2. The smallest absolute Gasteiger partial charge is 0.335 e. The van der Waals surface area contributed by atoms with Crippen molar-refractivity contribution >= 4 is 5.97 Å². The number of ether oxygens (including phenoxy) is 1. The largest absolute Gasteiger partial charge is 0.466 e. The molecular formula is C12H15NO3. The van der Waals surface area contributed by atoms with Crippen LogP contribution >= 0.6 is 0 Å². The molecule has 0 aromatic heterocycles. The van der Waals surface area contributed by atoms with Gasteiger partial charge in [-0.15, -0.1) is 0 Å². The van der Waals surface area contributed by atoms with Crippen molar-refractivity contribution in [1.29, 1.82) is 0 Å². The molecule has 1 heterocycles. The maximum atomic E-state index is 11.6. The first kappa shape index (κ1) is 11.0. The highest BCUT2D eigenvalue weighted by Crippen LogP contribution is 2.39. The zero-order valence-electron chi connectivity index (χ0n) is 9.43. The normalized spacial score (nSPS) is 23.3. The van der Waals surface area contributed by atoms with Crippen LogP contribution in [0.5, 0.6) is 0 Å². The highest BCUT2D eigenvalue weighted by molar-refractivity contribution is 5.90. The third-order valence-electron chi connectivity index (χ3n) is 3.00. The van der Waals surface area contributed by atoms with E-state index in [1.54, 1.807) is 6.20 Å². The van der Waals surface area contributed by atoms with Gasteiger partial charge in [-0.2, -0.15) is 0 Å². The first-order chi connectivity index (χ1) is 7.67. The molecule has 0 radical (unpaired) electrons. The SMILES string of the molecule is COC(=O)C1=CN(C)C=C2C(CO)=CC[C@H]12. The summed E-state index contributed by atoms with van der Waals surface area (Å²) in [5.74, 6) is -0.249. The molecule has 0 unspecified atom stereocenters. The molecule has 0 saturated carbocycles. The van der Waals surface area contributed by atoms with Crippen LogP contribution < -0.4 is 0 Å². The Bertz CT molecular complexity index is 406. The molecule has 4 heteroatoms. The molecule has 0 amide bonds. The van der Waals surface area contributed by atoms with Crippen molar-refractivity contribution in [1.82, 2.24) is 4.90 Å². The second-order valence-corrected chi connectivity index (χ2v) is 4.00. The summed E-state index contributed by atoms with van der Waals surface area (Å²) in [6, 6.07) is 0. The number of carbonyl (C=O) groups is 1. The lowest BCUT2D eigenvalue weighted by molar-refractivity contribution is -0.136. The summed E-state index contributed by atoms with van der Waals surface area (Å²) in [6.45, 7) is 0.0185. The Morgan fingerprint density at radius 3 is 3.00 bits per heavy atom. The minimum absolute atomic E-state index is 0.0185. The summed E-state index contributed by atoms with van der Waals surface area (Å²) in [7, 11) is 3.25. The Labute approximate surface area is 94.5 Å². The third-order valence-corrected chi connectivity index (χ3v) is 3.00. The summed E-state index contributed by atoms with van der Waals surface area (Å²) in [5, 5.41) is 9.21. The van der Waals surface area contributed by atoms with Crippen LogP contribution in [0, 0.1) is 5.92 Å². The van der Waals surface area contributed by atoms with E-state index in [2.05, 4.69) is 0 Å². The molecule has 4 nitrogen and oxygen atoms in total. The quantitative estimate of drug-likeness (QED) is 0.701. The molecule has 1 aliphatic carbocycles. The van der Waals surface area contributed by atoms with Gasteiger partial charge in [0.15, 0.2) is 0 Å². The summed E-state index contributed by atoms with van der Waals surface area (Å²) in [6.07, 6.45) is 6.48. The molecule has 0 bridgehead atoms. The van der Waals surface area contributed by atoms with E-state index in [-0.39, 0.29) is 18.5 Å². The van der Waals surface area contributed by atoms with E-state index in [9.17, 15) is 9.90 Å². The molecular weight excluding hydrogens is 206 g/mol. The fraction of sp³-hybridized carbons (Fsp3) is 0.417. The fourth-order valence-electron chi connectivity index (χ4n) is 2.23. The molecule has 0 aromatic rings. The number of allylic oxidation sites excluding steroid dienone is 1. The Morgan fingerprint density at radius 1 is 1.62 bits per heavy atom. The van der Waals surface area contributed by atoms with Crippen LogP contribution in [0.3, 0.4) is 0 Å². The monoisotopic (exact) mass is 221 g/mol. The molecule has 0 aromatic carbocycles. The van der Waals surface area contributed by atoms with Crippen molar-refractivity contribution in [2.75, 3.05) is 20.8 Å². The van der Waals surface area contributed by atoms with E-state index in [0.29, 0.717) is 5.57 Å². The van der Waals surface area contributed by atoms with Crippen LogP contribution in [0.25, 0.3) is 0 Å². The molecule has 86 valence electrons. The van der Waals surface area contributed by atoms with Gasteiger partial charge in [0, 0.05) is 25.4 Å². The third kappa shape index (κ3) is 1.65. The van der Waals surface area contributed by atoms with Crippen LogP contribution in [0.15, 0.2) is 35.2 Å². The second kappa shape index (κ2) is 4.14. The molecule has 0 spiro atoms. The van der Waals surface area contributed by atoms with Gasteiger partial charge >= 0.3 is 5.97 Å². The molecule has 16 heavy (non-hydrogen) atoms. The van der Waals surface area contributed by atoms with Crippen LogP contribution in [0.2, 0.25) is 0 Å². The molecule has 1 atom stereocenters. The zero-order valence-corrected chi connectivity index (χ0v) is 9.43. The average molecular weight is 221 g/mol. The summed E-state index contributed by atoms with van der Waals surface area (Å²) in [4.78, 5) is 13.4. The van der Waals surface area contributed by atoms with Crippen molar-refractivity contribution in [2.45, 2.75) is 6.42 Å². The lowest BCUT2D eigenvalue weighted by atomic mass is 9.89. The number of esters is 1. The van der Waals surface area contributed by atoms with Crippen LogP contribution in [0.4, 0.5) is 0 Å². The molecule has 0 fully saturated rings. The average Bonchev–Trinajstić information content (AvgIpc) is 2.69. The van der Waals surface area contributed by atoms with Gasteiger partial charge in [0.25, 0.3) is 0 Å². The van der Waals surface area contributed by atoms with Crippen LogP contribution in [-0.2, 0) is 9.53 Å². The second-order valence-electron chi connectivity index (χ2n) is 4.00. The number of aliphatic hydroxyl groups excluding tert-OH is 1. The number of methoxy groups -OCH3 is 1. The van der Waals surface area contributed by atoms with E-state index in [4.69, 9.17) is 4.74 Å². The van der Waals surface area contributed by atoms with Gasteiger partial charge in [-0.25, -0.2) is 4.79 Å². The Morgan fingerprint density at radius 2 is 2.38 bits per heavy atom. The number of fused-ring (bicyclic) bond motifs is 1. The highest BCUT2D eigenvalue weighted by atomic mass is 16.5. The molecule has 2 rings (SSSR count). The Hall–Kier alpha value is -1.55. The van der Waals surface area contributed by atoms with E-state index in [0.717, 1.165) is 17.6 Å². The zero-order chi connectivity index (χ0) is 11.7. The number of nitrogens with zero attached hydrogens (tertiary/aromatic N) is 1. The molecule has 2 aliphatic rings. The fourth-order valence-corrected chi connectivity index (χ4v) is 2.23. The molecule has 1 aliphatic heterocycles. The van der Waals surface area contributed by atoms with E-state index >= 15 is 0 Å². The lowest BCUT2D eigenvalue weighted by Crippen LogP contribution is -2.23. The minimum atomic E-state index is -0.296. The topological polar surface area (TPSA) is 49.8 Å². The molecule has 1 N–H and O–H groups in total. The summed E-state index contributed by atoms with van der Waals surface area (Å²) >= 11 is 0. The predicted molar refractivity (Wildman–Crippen MR) is 59.2 cm³/mol. The number of aliphatic hydroxyl groups is 1. The van der Waals surface area contributed by atoms with Crippen LogP contribution in [-0.4, -0.2) is 36.7 Å². The first-order valence-corrected chi connectivity index (χ1v) is 5.21. The standard InChI is InChI=1S/C12H15NO3/c1-13-5-10-8(7-14)3-4-9(10)11(6-13)12(15)16-2/h3,5-6,9,14H,4,7H2,1-2H3/t9-/m0/s1.